The summed E-state index contributed by atoms with van der Waals surface area (Å²) < 4.78 is 25.6. The summed E-state index contributed by atoms with van der Waals surface area (Å²) in [6.45, 7) is 2.26. The van der Waals surface area contributed by atoms with Gasteiger partial charge in [-0.05, 0) is 24.8 Å². The normalized spacial score (nSPS) is 24.1. The second-order valence-corrected chi connectivity index (χ2v) is 8.32. The van der Waals surface area contributed by atoms with E-state index in [9.17, 15) is 8.42 Å². The molecule has 3 nitrogen and oxygen atoms in total. The molecule has 0 aliphatic heterocycles. The number of hydrogen-bond acceptors (Lipinski definition) is 2. The lowest BCUT2D eigenvalue weighted by Gasteiger charge is -2.28. The van der Waals surface area contributed by atoms with E-state index in [1.807, 2.05) is 24.3 Å². The van der Waals surface area contributed by atoms with Crippen LogP contribution >= 0.6 is 10.7 Å². The van der Waals surface area contributed by atoms with Crippen LogP contribution in [0.5, 0.6) is 0 Å². The molecule has 0 spiro atoms. The molecule has 5 heteroatoms. The van der Waals surface area contributed by atoms with Crippen LogP contribution in [0.2, 0.25) is 0 Å². The fourth-order valence-electron chi connectivity index (χ4n) is 3.32. The summed E-state index contributed by atoms with van der Waals surface area (Å²) in [5, 5.41) is 0.723. The fourth-order valence-corrected chi connectivity index (χ4v) is 4.37. The molecule has 1 aliphatic carbocycles. The summed E-state index contributed by atoms with van der Waals surface area (Å²) in [6, 6.07) is 7.96. The van der Waals surface area contributed by atoms with Gasteiger partial charge in [0, 0.05) is 33.8 Å². The number of nitrogens with zero attached hydrogens (tertiary/aromatic N) is 1. The van der Waals surface area contributed by atoms with Gasteiger partial charge < -0.3 is 4.57 Å². The summed E-state index contributed by atoms with van der Waals surface area (Å²) in [5.74, 6) is 0.686. The van der Waals surface area contributed by atoms with E-state index in [1.54, 1.807) is 6.20 Å². The average molecular weight is 312 g/mol. The molecule has 1 saturated carbocycles. The number of hydrogen-bond donors (Lipinski definition) is 0. The van der Waals surface area contributed by atoms with Gasteiger partial charge in [0.05, 0.1) is 0 Å². The topological polar surface area (TPSA) is 39.1 Å². The fraction of sp³-hybridized carbons (Fsp3) is 0.467. The molecular weight excluding hydrogens is 294 g/mol. The summed E-state index contributed by atoms with van der Waals surface area (Å²) >= 11 is 0. The minimum absolute atomic E-state index is 0.230. The van der Waals surface area contributed by atoms with E-state index in [-0.39, 0.29) is 4.90 Å². The summed E-state index contributed by atoms with van der Waals surface area (Å²) in [5.41, 5.74) is 0.964. The lowest BCUT2D eigenvalue weighted by atomic mass is 9.87. The van der Waals surface area contributed by atoms with Crippen LogP contribution in [0.4, 0.5) is 0 Å². The second kappa shape index (κ2) is 5.08. The third-order valence-corrected chi connectivity index (χ3v) is 5.62. The zero-order valence-corrected chi connectivity index (χ0v) is 13.0. The highest BCUT2D eigenvalue weighted by atomic mass is 35.7. The molecule has 20 heavy (non-hydrogen) atoms. The highest BCUT2D eigenvalue weighted by Crippen LogP contribution is 2.37. The van der Waals surface area contributed by atoms with Crippen molar-refractivity contribution in [1.29, 1.82) is 0 Å². The molecule has 1 aliphatic rings. The van der Waals surface area contributed by atoms with Crippen LogP contribution in [0.3, 0.4) is 0 Å². The van der Waals surface area contributed by atoms with Crippen LogP contribution in [-0.4, -0.2) is 13.0 Å². The second-order valence-electron chi connectivity index (χ2n) is 5.78. The Balaban J connectivity index is 2.16. The first-order chi connectivity index (χ1) is 9.47. The van der Waals surface area contributed by atoms with Crippen molar-refractivity contribution in [1.82, 2.24) is 4.57 Å². The average Bonchev–Trinajstić information content (AvgIpc) is 2.78. The first-order valence-electron chi connectivity index (χ1n) is 7.01. The first kappa shape index (κ1) is 14.0. The van der Waals surface area contributed by atoms with Crippen LogP contribution in [0.15, 0.2) is 35.4 Å². The number of rotatable bonds is 2. The van der Waals surface area contributed by atoms with Crippen molar-refractivity contribution in [2.24, 2.45) is 5.92 Å². The van der Waals surface area contributed by atoms with Crippen molar-refractivity contribution in [3.8, 4) is 0 Å². The summed E-state index contributed by atoms with van der Waals surface area (Å²) in [6.07, 6.45) is 6.37. The van der Waals surface area contributed by atoms with E-state index >= 15 is 0 Å². The van der Waals surface area contributed by atoms with Gasteiger partial charge in [-0.15, -0.1) is 0 Å². The van der Waals surface area contributed by atoms with E-state index in [1.165, 1.54) is 12.8 Å². The van der Waals surface area contributed by atoms with Gasteiger partial charge in [-0.1, -0.05) is 38.0 Å². The summed E-state index contributed by atoms with van der Waals surface area (Å²) in [7, 11) is 1.87. The Morgan fingerprint density at radius 3 is 2.70 bits per heavy atom. The van der Waals surface area contributed by atoms with E-state index < -0.39 is 9.05 Å². The van der Waals surface area contributed by atoms with Crippen molar-refractivity contribution in [3.05, 3.63) is 30.5 Å². The molecule has 108 valence electrons. The van der Waals surface area contributed by atoms with Crippen LogP contribution in [-0.2, 0) is 9.05 Å². The zero-order chi connectivity index (χ0) is 14.3. The van der Waals surface area contributed by atoms with E-state index in [0.29, 0.717) is 12.0 Å². The first-order valence-corrected chi connectivity index (χ1v) is 9.32. The van der Waals surface area contributed by atoms with Gasteiger partial charge in [-0.3, -0.25) is 0 Å². The third-order valence-electron chi connectivity index (χ3n) is 4.27. The monoisotopic (exact) mass is 311 g/mol. The molecule has 0 radical (unpaired) electrons. The lowest BCUT2D eigenvalue weighted by molar-refractivity contribution is 0.287. The maximum Gasteiger partial charge on any atom is 0.263 e. The van der Waals surface area contributed by atoms with Crippen LogP contribution in [0.25, 0.3) is 10.9 Å². The Kier molecular flexibility index (Phi) is 3.55. The zero-order valence-electron chi connectivity index (χ0n) is 11.4. The predicted octanol–water partition coefficient (Wildman–Crippen LogP) is 4.32. The highest BCUT2D eigenvalue weighted by molar-refractivity contribution is 8.14. The van der Waals surface area contributed by atoms with Crippen molar-refractivity contribution >= 4 is 30.6 Å². The van der Waals surface area contributed by atoms with Crippen molar-refractivity contribution in [2.45, 2.75) is 43.5 Å². The van der Waals surface area contributed by atoms with Crippen LogP contribution < -0.4 is 0 Å². The highest BCUT2D eigenvalue weighted by Gasteiger charge is 2.25. The molecule has 0 saturated heterocycles. The SMILES string of the molecule is CC1CCCC(n2cc(S(=O)(=O)Cl)c3ccccc32)C1. The number of aromatic nitrogens is 1. The molecule has 2 unspecified atom stereocenters. The van der Waals surface area contributed by atoms with E-state index in [2.05, 4.69) is 11.5 Å². The Morgan fingerprint density at radius 1 is 1.25 bits per heavy atom. The Hall–Kier alpha value is -1.00. The molecule has 0 amide bonds. The predicted molar refractivity (Wildman–Crippen MR) is 81.6 cm³/mol. The lowest BCUT2D eigenvalue weighted by Crippen LogP contribution is -2.16. The standard InChI is InChI=1S/C15H18ClNO2S/c1-11-5-4-6-12(9-11)17-10-15(20(16,18)19)13-7-2-3-8-14(13)17/h2-3,7-8,10-12H,4-6,9H2,1H3. The smallest absolute Gasteiger partial charge is 0.263 e. The number of benzene rings is 1. The van der Waals surface area contributed by atoms with Crippen LogP contribution in [0.1, 0.15) is 38.6 Å². The van der Waals surface area contributed by atoms with Gasteiger partial charge >= 0.3 is 0 Å². The molecule has 0 N–H and O–H groups in total. The molecular formula is C15H18ClNO2S. The van der Waals surface area contributed by atoms with Gasteiger partial charge in [0.2, 0.25) is 0 Å². The molecule has 0 bridgehead atoms. The third kappa shape index (κ3) is 2.47. The Bertz CT molecular complexity index is 735. The van der Waals surface area contributed by atoms with Crippen molar-refractivity contribution in [2.75, 3.05) is 0 Å². The molecule has 2 atom stereocenters. The van der Waals surface area contributed by atoms with Crippen LogP contribution in [0, 0.1) is 5.92 Å². The van der Waals surface area contributed by atoms with Gasteiger partial charge in [0.15, 0.2) is 0 Å². The Morgan fingerprint density at radius 2 is 2.00 bits per heavy atom. The minimum atomic E-state index is -3.71. The molecule has 3 rings (SSSR count). The van der Waals surface area contributed by atoms with Crippen molar-refractivity contribution in [3.63, 3.8) is 0 Å². The molecule has 1 aromatic carbocycles. The summed E-state index contributed by atoms with van der Waals surface area (Å²) in [4.78, 5) is 0.230. The van der Waals surface area contributed by atoms with Gasteiger partial charge in [0.1, 0.15) is 4.90 Å². The quantitative estimate of drug-likeness (QED) is 0.775. The molecule has 2 aromatic rings. The van der Waals surface area contributed by atoms with E-state index in [0.717, 1.165) is 23.7 Å². The van der Waals surface area contributed by atoms with Gasteiger partial charge in [-0.2, -0.15) is 0 Å². The number of para-hydroxylation sites is 1. The maximum atomic E-state index is 11.8. The number of halogens is 1. The van der Waals surface area contributed by atoms with E-state index in [4.69, 9.17) is 10.7 Å². The van der Waals surface area contributed by atoms with Gasteiger partial charge in [-0.25, -0.2) is 8.42 Å². The molecule has 1 fully saturated rings. The maximum absolute atomic E-state index is 11.8. The largest absolute Gasteiger partial charge is 0.343 e. The van der Waals surface area contributed by atoms with Crippen molar-refractivity contribution < 1.29 is 8.42 Å². The molecule has 1 aromatic heterocycles. The van der Waals surface area contributed by atoms with Gasteiger partial charge in [0.25, 0.3) is 9.05 Å². The molecule has 1 heterocycles. The minimum Gasteiger partial charge on any atom is -0.343 e. The number of fused-ring (bicyclic) bond motifs is 1. The Labute approximate surface area is 124 Å².